The molecule has 1 unspecified atom stereocenters. The summed E-state index contributed by atoms with van der Waals surface area (Å²) in [6, 6.07) is 10.7. The summed E-state index contributed by atoms with van der Waals surface area (Å²) < 4.78 is 0. The zero-order valence-electron chi connectivity index (χ0n) is 18.1. The highest BCUT2D eigenvalue weighted by Gasteiger charge is 2.38. The van der Waals surface area contributed by atoms with Crippen LogP contribution in [0.2, 0.25) is 0 Å². The summed E-state index contributed by atoms with van der Waals surface area (Å²) in [5.74, 6) is 0.232. The lowest BCUT2D eigenvalue weighted by Crippen LogP contribution is -2.47. The molecule has 0 radical (unpaired) electrons. The Kier molecular flexibility index (Phi) is 6.57. The second-order valence-corrected chi connectivity index (χ2v) is 9.61. The number of unbranched alkanes of at least 4 members (excludes halogenated alkanes) is 2. The molecule has 0 saturated heterocycles. The number of benzene rings is 1. The SMILES string of the molecule is CCCCCC(=O)N(CC(=O)N1CCc2sccc2C1c1ccccc1C)C1CC1. The molecule has 4 rings (SSSR count). The van der Waals surface area contributed by atoms with Crippen molar-refractivity contribution >= 4 is 23.2 Å². The Morgan fingerprint density at radius 3 is 2.67 bits per heavy atom. The average molecular weight is 425 g/mol. The highest BCUT2D eigenvalue weighted by atomic mass is 32.1. The lowest BCUT2D eigenvalue weighted by molar-refractivity contribution is -0.142. The molecule has 2 aliphatic rings. The Labute approximate surface area is 183 Å². The molecule has 1 saturated carbocycles. The van der Waals surface area contributed by atoms with Crippen LogP contribution in [-0.2, 0) is 16.0 Å². The number of fused-ring (bicyclic) bond motifs is 1. The van der Waals surface area contributed by atoms with Gasteiger partial charge in [-0.1, -0.05) is 44.0 Å². The third kappa shape index (κ3) is 4.46. The van der Waals surface area contributed by atoms with Gasteiger partial charge in [0.05, 0.1) is 6.04 Å². The molecule has 1 aromatic carbocycles. The fourth-order valence-corrected chi connectivity index (χ4v) is 5.43. The van der Waals surface area contributed by atoms with Crippen molar-refractivity contribution in [1.82, 2.24) is 9.80 Å². The Bertz CT molecular complexity index is 902. The van der Waals surface area contributed by atoms with Crippen LogP contribution in [0.4, 0.5) is 0 Å². The minimum atomic E-state index is -0.0510. The van der Waals surface area contributed by atoms with Crippen molar-refractivity contribution in [3.05, 3.63) is 57.3 Å². The first-order chi connectivity index (χ1) is 14.6. The molecule has 1 aromatic heterocycles. The maximum absolute atomic E-state index is 13.5. The summed E-state index contributed by atoms with van der Waals surface area (Å²) in [5, 5.41) is 2.14. The number of aryl methyl sites for hydroxylation is 1. The van der Waals surface area contributed by atoms with Gasteiger partial charge in [-0.15, -0.1) is 11.3 Å². The van der Waals surface area contributed by atoms with Crippen molar-refractivity contribution < 1.29 is 9.59 Å². The van der Waals surface area contributed by atoms with Gasteiger partial charge in [0.2, 0.25) is 11.8 Å². The first kappa shape index (κ1) is 21.1. The molecule has 2 heterocycles. The summed E-state index contributed by atoms with van der Waals surface area (Å²) in [6.07, 6.45) is 6.61. The standard InChI is InChI=1S/C25H32N2O2S/c1-3-4-5-10-23(28)27(19-11-12-19)17-24(29)26-15-13-22-21(14-16-30-22)25(26)20-9-7-6-8-18(20)2/h6-9,14,16,19,25H,3-5,10-13,15,17H2,1-2H3. The van der Waals surface area contributed by atoms with Gasteiger partial charge in [0, 0.05) is 23.9 Å². The van der Waals surface area contributed by atoms with E-state index in [1.807, 2.05) is 15.9 Å². The topological polar surface area (TPSA) is 40.6 Å². The predicted octanol–water partition coefficient (Wildman–Crippen LogP) is 5.10. The largest absolute Gasteiger partial charge is 0.330 e. The minimum absolute atomic E-state index is 0.0510. The van der Waals surface area contributed by atoms with E-state index in [4.69, 9.17) is 0 Å². The van der Waals surface area contributed by atoms with Crippen LogP contribution < -0.4 is 0 Å². The van der Waals surface area contributed by atoms with Crippen molar-refractivity contribution in [2.75, 3.05) is 13.1 Å². The summed E-state index contributed by atoms with van der Waals surface area (Å²) in [4.78, 5) is 31.6. The fourth-order valence-electron chi connectivity index (χ4n) is 4.53. The summed E-state index contributed by atoms with van der Waals surface area (Å²) in [5.41, 5.74) is 3.65. The van der Waals surface area contributed by atoms with Crippen LogP contribution >= 0.6 is 11.3 Å². The van der Waals surface area contributed by atoms with Crippen LogP contribution in [-0.4, -0.2) is 40.7 Å². The highest BCUT2D eigenvalue weighted by molar-refractivity contribution is 7.10. The van der Waals surface area contributed by atoms with Gasteiger partial charge in [0.15, 0.2) is 0 Å². The number of hydrogen-bond donors (Lipinski definition) is 0. The van der Waals surface area contributed by atoms with E-state index in [1.54, 1.807) is 11.3 Å². The zero-order chi connectivity index (χ0) is 21.1. The normalized spacial score (nSPS) is 18.2. The smallest absolute Gasteiger partial charge is 0.243 e. The van der Waals surface area contributed by atoms with E-state index in [2.05, 4.69) is 43.5 Å². The van der Waals surface area contributed by atoms with E-state index in [0.717, 1.165) is 38.5 Å². The molecule has 4 nitrogen and oxygen atoms in total. The van der Waals surface area contributed by atoms with E-state index in [-0.39, 0.29) is 30.4 Å². The van der Waals surface area contributed by atoms with Crippen molar-refractivity contribution in [3.8, 4) is 0 Å². The Hall–Kier alpha value is -2.14. The Balaban J connectivity index is 1.56. The molecule has 160 valence electrons. The van der Waals surface area contributed by atoms with E-state index >= 15 is 0 Å². The monoisotopic (exact) mass is 424 g/mol. The first-order valence-corrected chi connectivity index (χ1v) is 12.2. The van der Waals surface area contributed by atoms with Crippen LogP contribution in [0.1, 0.15) is 73.1 Å². The third-order valence-corrected chi connectivity index (χ3v) is 7.37. The molecule has 2 amide bonds. The number of carbonyl (C=O) groups is 2. The fraction of sp³-hybridized carbons (Fsp3) is 0.520. The van der Waals surface area contributed by atoms with Gasteiger partial charge in [-0.25, -0.2) is 0 Å². The molecule has 0 bridgehead atoms. The number of carbonyl (C=O) groups excluding carboxylic acids is 2. The lowest BCUT2D eigenvalue weighted by Gasteiger charge is -2.38. The van der Waals surface area contributed by atoms with Crippen LogP contribution in [0, 0.1) is 6.92 Å². The van der Waals surface area contributed by atoms with Gasteiger partial charge >= 0.3 is 0 Å². The number of thiophene rings is 1. The molecule has 1 aliphatic carbocycles. The van der Waals surface area contributed by atoms with Crippen molar-refractivity contribution in [3.63, 3.8) is 0 Å². The molecule has 0 spiro atoms. The van der Waals surface area contributed by atoms with Gasteiger partial charge in [0.1, 0.15) is 6.54 Å². The maximum Gasteiger partial charge on any atom is 0.243 e. The van der Waals surface area contributed by atoms with Crippen molar-refractivity contribution in [2.45, 2.75) is 70.9 Å². The van der Waals surface area contributed by atoms with Gasteiger partial charge in [-0.3, -0.25) is 9.59 Å². The minimum Gasteiger partial charge on any atom is -0.330 e. The molecule has 1 atom stereocenters. The quantitative estimate of drug-likeness (QED) is 0.553. The maximum atomic E-state index is 13.5. The summed E-state index contributed by atoms with van der Waals surface area (Å²) >= 11 is 1.79. The molecule has 30 heavy (non-hydrogen) atoms. The second-order valence-electron chi connectivity index (χ2n) is 8.61. The van der Waals surface area contributed by atoms with E-state index in [1.165, 1.54) is 21.6 Å². The van der Waals surface area contributed by atoms with Crippen LogP contribution in [0.5, 0.6) is 0 Å². The molecule has 0 N–H and O–H groups in total. The summed E-state index contributed by atoms with van der Waals surface area (Å²) in [7, 11) is 0. The van der Waals surface area contributed by atoms with E-state index < -0.39 is 0 Å². The number of amides is 2. The van der Waals surface area contributed by atoms with E-state index in [9.17, 15) is 9.59 Å². The van der Waals surface area contributed by atoms with Gasteiger partial charge in [-0.05, 0) is 60.7 Å². The van der Waals surface area contributed by atoms with Crippen LogP contribution in [0.3, 0.4) is 0 Å². The Morgan fingerprint density at radius 2 is 1.93 bits per heavy atom. The van der Waals surface area contributed by atoms with E-state index in [0.29, 0.717) is 13.0 Å². The van der Waals surface area contributed by atoms with Crippen LogP contribution in [0.15, 0.2) is 35.7 Å². The average Bonchev–Trinajstić information content (AvgIpc) is 3.47. The highest BCUT2D eigenvalue weighted by Crippen LogP contribution is 2.39. The zero-order valence-corrected chi connectivity index (χ0v) is 18.9. The number of rotatable bonds is 8. The number of nitrogens with zero attached hydrogens (tertiary/aromatic N) is 2. The molecular weight excluding hydrogens is 392 g/mol. The molecule has 1 aliphatic heterocycles. The summed E-state index contributed by atoms with van der Waals surface area (Å²) in [6.45, 7) is 5.20. The predicted molar refractivity (Wildman–Crippen MR) is 122 cm³/mol. The van der Waals surface area contributed by atoms with Crippen molar-refractivity contribution in [1.29, 1.82) is 0 Å². The molecule has 5 heteroatoms. The van der Waals surface area contributed by atoms with Crippen molar-refractivity contribution in [2.24, 2.45) is 0 Å². The third-order valence-electron chi connectivity index (χ3n) is 6.38. The molecule has 1 fully saturated rings. The second kappa shape index (κ2) is 9.34. The van der Waals surface area contributed by atoms with Gasteiger partial charge < -0.3 is 9.80 Å². The lowest BCUT2D eigenvalue weighted by atomic mass is 9.90. The van der Waals surface area contributed by atoms with Gasteiger partial charge in [-0.2, -0.15) is 0 Å². The first-order valence-electron chi connectivity index (χ1n) is 11.3. The van der Waals surface area contributed by atoms with Gasteiger partial charge in [0.25, 0.3) is 0 Å². The molecule has 2 aromatic rings. The molecular formula is C25H32N2O2S. The number of hydrogen-bond acceptors (Lipinski definition) is 3. The Morgan fingerprint density at radius 1 is 1.13 bits per heavy atom. The van der Waals surface area contributed by atoms with Crippen LogP contribution in [0.25, 0.3) is 0 Å².